The Morgan fingerprint density at radius 1 is 1.00 bits per heavy atom. The number of amides is 1. The molecule has 3 aromatic carbocycles. The Bertz CT molecular complexity index is 1270. The number of carbonyl (C=O) groups excluding carboxylic acids is 2. The molecule has 1 heterocycles. The second-order valence-electron chi connectivity index (χ2n) is 7.43. The molecule has 0 bridgehead atoms. The van der Waals surface area contributed by atoms with Gasteiger partial charge in [-0.25, -0.2) is 9.79 Å². The zero-order valence-electron chi connectivity index (χ0n) is 17.7. The summed E-state index contributed by atoms with van der Waals surface area (Å²) >= 11 is 13.8. The van der Waals surface area contributed by atoms with Crippen molar-refractivity contribution in [1.82, 2.24) is 0 Å². The first-order valence-electron chi connectivity index (χ1n) is 10.3. The van der Waals surface area contributed by atoms with Gasteiger partial charge in [0.1, 0.15) is 0 Å². The molecule has 168 valence electrons. The van der Waals surface area contributed by atoms with Crippen LogP contribution in [0.25, 0.3) is 0 Å². The molecule has 0 fully saturated rings. The zero-order chi connectivity index (χ0) is 23.5. The third kappa shape index (κ3) is 5.08. The van der Waals surface area contributed by atoms with Crippen molar-refractivity contribution in [3.8, 4) is 0 Å². The van der Waals surface area contributed by atoms with E-state index in [0.717, 1.165) is 28.2 Å². The van der Waals surface area contributed by atoms with Crippen molar-refractivity contribution in [3.05, 3.63) is 86.9 Å². The standard InChI is InChI=1S/C25H20Cl2N2O3S/c1-2-3-10-32-25(31)15-6-9-20-19(11-15)29-23(14-4-7-16(26)8-5-14)22-18(24(28)30)12-17(27)13-21(22)33-20/h4-9,11-13H,2-3,10H2,1H3,(H2,28,30). The van der Waals surface area contributed by atoms with Crippen molar-refractivity contribution in [2.24, 2.45) is 10.7 Å². The molecule has 0 saturated heterocycles. The highest BCUT2D eigenvalue weighted by Gasteiger charge is 2.25. The first-order chi connectivity index (χ1) is 15.9. The van der Waals surface area contributed by atoms with E-state index in [1.165, 1.54) is 11.8 Å². The lowest BCUT2D eigenvalue weighted by Crippen LogP contribution is -2.18. The van der Waals surface area contributed by atoms with Gasteiger partial charge in [0.2, 0.25) is 5.91 Å². The molecule has 4 rings (SSSR count). The minimum absolute atomic E-state index is 0.269. The predicted molar refractivity (Wildman–Crippen MR) is 132 cm³/mol. The van der Waals surface area contributed by atoms with E-state index in [-0.39, 0.29) is 5.56 Å². The van der Waals surface area contributed by atoms with E-state index >= 15 is 0 Å². The van der Waals surface area contributed by atoms with E-state index in [1.54, 1.807) is 36.4 Å². The summed E-state index contributed by atoms with van der Waals surface area (Å²) in [4.78, 5) is 31.3. The number of hydrogen-bond acceptors (Lipinski definition) is 5. The molecule has 8 heteroatoms. The van der Waals surface area contributed by atoms with Crippen LogP contribution in [0.15, 0.2) is 69.4 Å². The number of rotatable bonds is 6. The molecule has 0 atom stereocenters. The molecule has 1 amide bonds. The third-order valence-corrected chi connectivity index (χ3v) is 6.64. The van der Waals surface area contributed by atoms with Gasteiger partial charge in [0.25, 0.3) is 0 Å². The fourth-order valence-corrected chi connectivity index (χ4v) is 4.91. The normalized spacial score (nSPS) is 12.3. The number of nitrogens with two attached hydrogens (primary N) is 1. The van der Waals surface area contributed by atoms with Crippen molar-refractivity contribution >= 4 is 58.2 Å². The summed E-state index contributed by atoms with van der Waals surface area (Å²) in [5, 5.41) is 0.969. The molecule has 3 aromatic rings. The van der Waals surface area contributed by atoms with Crippen molar-refractivity contribution in [1.29, 1.82) is 0 Å². The van der Waals surface area contributed by atoms with Gasteiger partial charge in [0.05, 0.1) is 29.1 Å². The van der Waals surface area contributed by atoms with E-state index in [0.29, 0.717) is 39.2 Å². The smallest absolute Gasteiger partial charge is 0.338 e. The van der Waals surface area contributed by atoms with E-state index in [1.807, 2.05) is 25.1 Å². The summed E-state index contributed by atoms with van der Waals surface area (Å²) in [6.07, 6.45) is 1.74. The van der Waals surface area contributed by atoms with E-state index < -0.39 is 11.9 Å². The molecule has 0 spiro atoms. The minimum Gasteiger partial charge on any atom is -0.462 e. The zero-order valence-corrected chi connectivity index (χ0v) is 20.1. The number of esters is 1. The summed E-state index contributed by atoms with van der Waals surface area (Å²) < 4.78 is 5.36. The van der Waals surface area contributed by atoms with Crippen LogP contribution in [0.3, 0.4) is 0 Å². The fourth-order valence-electron chi connectivity index (χ4n) is 3.42. The Hall–Kier alpha value is -2.80. The average molecular weight is 499 g/mol. The molecule has 0 radical (unpaired) electrons. The summed E-state index contributed by atoms with van der Waals surface area (Å²) in [5.41, 5.74) is 8.83. The minimum atomic E-state index is -0.609. The molecule has 0 saturated carbocycles. The maximum Gasteiger partial charge on any atom is 0.338 e. The molecule has 0 aliphatic carbocycles. The van der Waals surface area contributed by atoms with Crippen LogP contribution >= 0.6 is 35.0 Å². The maximum atomic E-state index is 12.5. The lowest BCUT2D eigenvalue weighted by atomic mass is 9.96. The van der Waals surface area contributed by atoms with Gasteiger partial charge in [-0.3, -0.25) is 4.79 Å². The Labute approximate surface area is 205 Å². The topological polar surface area (TPSA) is 81.8 Å². The molecule has 1 aliphatic rings. The number of benzene rings is 3. The van der Waals surface area contributed by atoms with Crippen molar-refractivity contribution in [3.63, 3.8) is 0 Å². The quantitative estimate of drug-likeness (QED) is 0.237. The number of halogens is 2. The predicted octanol–water partition coefficient (Wildman–Crippen LogP) is 6.68. The van der Waals surface area contributed by atoms with E-state index in [4.69, 9.17) is 38.7 Å². The van der Waals surface area contributed by atoms with E-state index in [9.17, 15) is 9.59 Å². The van der Waals surface area contributed by atoms with Crippen LogP contribution in [0.4, 0.5) is 5.69 Å². The number of aliphatic imine (C=N–C) groups is 1. The van der Waals surface area contributed by atoms with Crippen LogP contribution in [0.5, 0.6) is 0 Å². The fraction of sp³-hybridized carbons (Fsp3) is 0.160. The van der Waals surface area contributed by atoms with Gasteiger partial charge in [-0.15, -0.1) is 0 Å². The van der Waals surface area contributed by atoms with Gasteiger partial charge in [-0.1, -0.05) is 60.4 Å². The van der Waals surface area contributed by atoms with Gasteiger partial charge < -0.3 is 10.5 Å². The van der Waals surface area contributed by atoms with Crippen molar-refractivity contribution in [2.75, 3.05) is 6.61 Å². The number of hydrogen-bond donors (Lipinski definition) is 1. The molecule has 5 nitrogen and oxygen atoms in total. The number of nitrogens with zero attached hydrogens (tertiary/aromatic N) is 1. The SMILES string of the molecule is CCCCOC(=O)c1ccc2c(c1)N=C(c1ccc(Cl)cc1)c1c(cc(Cl)cc1C(N)=O)S2. The first-order valence-corrected chi connectivity index (χ1v) is 11.9. The molecule has 0 aromatic heterocycles. The van der Waals surface area contributed by atoms with Crippen LogP contribution in [-0.4, -0.2) is 24.2 Å². The van der Waals surface area contributed by atoms with Crippen LogP contribution in [0.1, 0.15) is 51.6 Å². The van der Waals surface area contributed by atoms with Crippen LogP contribution in [0.2, 0.25) is 10.0 Å². The molecule has 2 N–H and O–H groups in total. The van der Waals surface area contributed by atoms with Crippen LogP contribution in [-0.2, 0) is 4.74 Å². The van der Waals surface area contributed by atoms with Gasteiger partial charge in [-0.2, -0.15) is 0 Å². The summed E-state index contributed by atoms with van der Waals surface area (Å²) in [7, 11) is 0. The third-order valence-electron chi connectivity index (χ3n) is 5.06. The lowest BCUT2D eigenvalue weighted by Gasteiger charge is -2.14. The highest BCUT2D eigenvalue weighted by molar-refractivity contribution is 7.99. The van der Waals surface area contributed by atoms with Crippen LogP contribution in [0, 0.1) is 0 Å². The molecule has 33 heavy (non-hydrogen) atoms. The largest absolute Gasteiger partial charge is 0.462 e. The highest BCUT2D eigenvalue weighted by Crippen LogP contribution is 2.44. The number of ether oxygens (including phenoxy) is 1. The Morgan fingerprint density at radius 2 is 1.76 bits per heavy atom. The number of primary amides is 1. The first kappa shape index (κ1) is 23.4. The number of fused-ring (bicyclic) bond motifs is 2. The summed E-state index contributed by atoms with van der Waals surface area (Å²) in [6.45, 7) is 2.40. The van der Waals surface area contributed by atoms with Gasteiger partial charge in [-0.05, 0) is 48.9 Å². The molecule has 0 unspecified atom stereocenters. The van der Waals surface area contributed by atoms with E-state index in [2.05, 4.69) is 0 Å². The number of unbranched alkanes of at least 4 members (excludes halogenated alkanes) is 1. The van der Waals surface area contributed by atoms with Crippen molar-refractivity contribution < 1.29 is 14.3 Å². The highest BCUT2D eigenvalue weighted by atomic mass is 35.5. The second-order valence-corrected chi connectivity index (χ2v) is 9.39. The summed E-state index contributed by atoms with van der Waals surface area (Å²) in [5.74, 6) is -1.01. The second kappa shape index (κ2) is 10.00. The average Bonchev–Trinajstić information content (AvgIpc) is 2.95. The monoisotopic (exact) mass is 498 g/mol. The van der Waals surface area contributed by atoms with Crippen molar-refractivity contribution in [2.45, 2.75) is 29.6 Å². The Kier molecular flexibility index (Phi) is 7.08. The van der Waals surface area contributed by atoms with Gasteiger partial charge in [0.15, 0.2) is 0 Å². The summed E-state index contributed by atoms with van der Waals surface area (Å²) in [6, 6.07) is 15.7. The Balaban J connectivity index is 1.90. The molecular weight excluding hydrogens is 479 g/mol. The van der Waals surface area contributed by atoms with Gasteiger partial charge in [0, 0.05) is 31.0 Å². The Morgan fingerprint density at radius 3 is 2.45 bits per heavy atom. The van der Waals surface area contributed by atoms with Crippen LogP contribution < -0.4 is 5.73 Å². The maximum absolute atomic E-state index is 12.5. The van der Waals surface area contributed by atoms with Gasteiger partial charge >= 0.3 is 5.97 Å². The molecule has 1 aliphatic heterocycles. The molecular formula is C25H20Cl2N2O3S. The lowest BCUT2D eigenvalue weighted by molar-refractivity contribution is 0.0499. The number of carbonyl (C=O) groups is 2.